The zero-order valence-electron chi connectivity index (χ0n) is 28.9. The minimum atomic E-state index is -1.26. The minimum absolute atomic E-state index is 0. The molecule has 12 heteroatoms. The molecule has 1 N–H and O–H groups in total. The predicted molar refractivity (Wildman–Crippen MR) is 186 cm³/mol. The molecule has 0 aliphatic carbocycles. The van der Waals surface area contributed by atoms with Crippen LogP contribution in [0, 0.1) is 0 Å². The Balaban J connectivity index is 0.00000605. The smallest absolute Gasteiger partial charge is 0.545 e. The van der Waals surface area contributed by atoms with Crippen molar-refractivity contribution >= 4 is 5.97 Å². The van der Waals surface area contributed by atoms with E-state index in [2.05, 4.69) is 0 Å². The molecule has 0 aromatic heterocycles. The molecule has 5 aromatic rings. The summed E-state index contributed by atoms with van der Waals surface area (Å²) in [4.78, 5) is 11.4. The Bertz CT molecular complexity index is 1820. The van der Waals surface area contributed by atoms with Crippen molar-refractivity contribution in [1.82, 2.24) is 0 Å². The number of para-hydroxylation sites is 8. The number of carbonyl (C=O) groups excluding carboxylic acids is 1. The molecular weight excluding hydrogens is 679 g/mol. The normalized spacial score (nSPS) is 10.3. The van der Waals surface area contributed by atoms with Gasteiger partial charge in [0.2, 0.25) is 0 Å². The fourth-order valence-electron chi connectivity index (χ4n) is 4.82. The van der Waals surface area contributed by atoms with Gasteiger partial charge in [-0.1, -0.05) is 72.8 Å². The third kappa shape index (κ3) is 12.3. The number of carboxylic acids is 1. The molecule has 0 radical (unpaired) electrons. The van der Waals surface area contributed by atoms with Gasteiger partial charge in [0.25, 0.3) is 0 Å². The Labute approximate surface area is 324 Å². The number of benzene rings is 5. The maximum absolute atomic E-state index is 11.4. The van der Waals surface area contributed by atoms with Crippen LogP contribution in [0.3, 0.4) is 0 Å². The number of rotatable bonds is 22. The van der Waals surface area contributed by atoms with Gasteiger partial charge in [-0.2, -0.15) is 0 Å². The van der Waals surface area contributed by atoms with Gasteiger partial charge in [0, 0.05) is 5.56 Å². The van der Waals surface area contributed by atoms with Crippen LogP contribution in [0.5, 0.6) is 46.0 Å². The summed E-state index contributed by atoms with van der Waals surface area (Å²) in [7, 11) is 0. The molecule has 0 heterocycles. The number of carbonyl (C=O) groups is 1. The zero-order chi connectivity index (χ0) is 35.5. The molecule has 0 amide bonds. The Morgan fingerprint density at radius 2 is 0.692 bits per heavy atom. The van der Waals surface area contributed by atoms with E-state index in [9.17, 15) is 9.90 Å². The van der Waals surface area contributed by atoms with Gasteiger partial charge in [0.15, 0.2) is 46.0 Å². The van der Waals surface area contributed by atoms with Crippen LogP contribution in [0.2, 0.25) is 0 Å². The average Bonchev–Trinajstić information content (AvgIpc) is 3.17. The third-order valence-electron chi connectivity index (χ3n) is 7.16. The largest absolute Gasteiger partial charge is 1.00 e. The molecule has 5 aromatic carbocycles. The molecule has 0 saturated carbocycles. The first-order valence-corrected chi connectivity index (χ1v) is 16.4. The standard InChI is InChI=1S/C40H40O11.Na/c41-21-22-44-32-13-3-4-14-33(32)45-23-24-46-34-15-5-6-16-35(34)47-25-26-48-36-17-7-8-18-37(36)49-27-28-50-38-19-9-10-20-39(38)51-29-30-11-1-2-12-31(30)40(42)43;/h1-20,41H,21-29H2,(H,42,43);/q;+1/p-1. The van der Waals surface area contributed by atoms with E-state index in [1.54, 1.807) is 42.5 Å². The van der Waals surface area contributed by atoms with Crippen LogP contribution in [0.4, 0.5) is 0 Å². The third-order valence-corrected chi connectivity index (χ3v) is 7.16. The number of aliphatic hydroxyl groups excluding tert-OH is 1. The molecule has 0 unspecified atom stereocenters. The quantitative estimate of drug-likeness (QED) is 0.0836. The van der Waals surface area contributed by atoms with Gasteiger partial charge in [-0.25, -0.2) is 0 Å². The number of ether oxygens (including phenoxy) is 8. The van der Waals surface area contributed by atoms with Gasteiger partial charge in [-0.15, -0.1) is 0 Å². The van der Waals surface area contributed by atoms with Crippen molar-refractivity contribution in [3.05, 3.63) is 132 Å². The maximum atomic E-state index is 11.4. The zero-order valence-corrected chi connectivity index (χ0v) is 30.9. The summed E-state index contributed by atoms with van der Waals surface area (Å²) >= 11 is 0. The second kappa shape index (κ2) is 22.0. The van der Waals surface area contributed by atoms with Gasteiger partial charge < -0.3 is 52.9 Å². The molecule has 0 spiro atoms. The Hall–Kier alpha value is -5.07. The van der Waals surface area contributed by atoms with Crippen LogP contribution in [-0.4, -0.2) is 63.9 Å². The average molecular weight is 719 g/mol. The number of aliphatic hydroxyl groups is 1. The first-order valence-electron chi connectivity index (χ1n) is 16.4. The fraction of sp³-hybridized carbons (Fsp3) is 0.225. The number of hydrogen-bond acceptors (Lipinski definition) is 11. The molecule has 0 fully saturated rings. The molecule has 52 heavy (non-hydrogen) atoms. The molecule has 0 saturated heterocycles. The van der Waals surface area contributed by atoms with E-state index in [-0.39, 0.29) is 94.6 Å². The van der Waals surface area contributed by atoms with Gasteiger partial charge in [-0.05, 0) is 54.1 Å². The van der Waals surface area contributed by atoms with Gasteiger partial charge >= 0.3 is 29.6 Å². The summed E-state index contributed by atoms with van der Waals surface area (Å²) in [5.74, 6) is 3.09. The number of hydrogen-bond donors (Lipinski definition) is 1. The Kier molecular flexibility index (Phi) is 16.8. The van der Waals surface area contributed by atoms with Gasteiger partial charge in [-0.3, -0.25) is 0 Å². The predicted octanol–water partition coefficient (Wildman–Crippen LogP) is 2.38. The van der Waals surface area contributed by atoms with Crippen LogP contribution >= 0.6 is 0 Å². The van der Waals surface area contributed by atoms with Crippen molar-refractivity contribution in [2.24, 2.45) is 0 Å². The van der Waals surface area contributed by atoms with Crippen molar-refractivity contribution in [3.8, 4) is 46.0 Å². The van der Waals surface area contributed by atoms with Crippen LogP contribution in [0.1, 0.15) is 15.9 Å². The Morgan fingerprint density at radius 1 is 0.423 bits per heavy atom. The molecule has 5 rings (SSSR count). The van der Waals surface area contributed by atoms with Crippen LogP contribution < -0.4 is 72.6 Å². The van der Waals surface area contributed by atoms with E-state index in [0.717, 1.165) is 0 Å². The van der Waals surface area contributed by atoms with Crippen molar-refractivity contribution in [1.29, 1.82) is 0 Å². The van der Waals surface area contributed by atoms with Gasteiger partial charge in [0.05, 0.1) is 12.6 Å². The minimum Gasteiger partial charge on any atom is -0.545 e. The second-order valence-electron chi connectivity index (χ2n) is 10.7. The van der Waals surface area contributed by atoms with E-state index < -0.39 is 5.97 Å². The van der Waals surface area contributed by atoms with Crippen LogP contribution in [0.15, 0.2) is 121 Å². The van der Waals surface area contributed by atoms with E-state index in [0.29, 0.717) is 51.6 Å². The molecule has 0 atom stereocenters. The first-order chi connectivity index (χ1) is 25.1. The van der Waals surface area contributed by atoms with Crippen LogP contribution in [0.25, 0.3) is 0 Å². The molecule has 266 valence electrons. The van der Waals surface area contributed by atoms with Crippen molar-refractivity contribution in [3.63, 3.8) is 0 Å². The van der Waals surface area contributed by atoms with E-state index in [1.165, 1.54) is 6.07 Å². The monoisotopic (exact) mass is 718 g/mol. The molecule has 0 bridgehead atoms. The van der Waals surface area contributed by atoms with E-state index >= 15 is 0 Å². The molecule has 0 aliphatic rings. The van der Waals surface area contributed by atoms with Crippen LogP contribution in [-0.2, 0) is 6.61 Å². The topological polar surface area (TPSA) is 134 Å². The SMILES string of the molecule is O=C([O-])c1ccccc1COc1ccccc1OCCOc1ccccc1OCCOc1ccccc1OCCOc1ccccc1OCCO.[Na+]. The van der Waals surface area contributed by atoms with Crippen molar-refractivity contribution in [2.45, 2.75) is 6.61 Å². The van der Waals surface area contributed by atoms with E-state index in [4.69, 9.17) is 43.0 Å². The van der Waals surface area contributed by atoms with Crippen molar-refractivity contribution < 1.29 is 82.5 Å². The summed E-state index contributed by atoms with van der Waals surface area (Å²) in [6.07, 6.45) is 0. The Morgan fingerprint density at radius 3 is 1.00 bits per heavy atom. The molecule has 0 aliphatic heterocycles. The fourth-order valence-corrected chi connectivity index (χ4v) is 4.82. The second-order valence-corrected chi connectivity index (χ2v) is 10.7. The summed E-state index contributed by atoms with van der Waals surface area (Å²) in [5.41, 5.74) is 0.583. The summed E-state index contributed by atoms with van der Waals surface area (Å²) in [5, 5.41) is 20.5. The summed E-state index contributed by atoms with van der Waals surface area (Å²) < 4.78 is 47.0. The molecular formula is C40H39NaO11. The number of aromatic carboxylic acids is 1. The van der Waals surface area contributed by atoms with Gasteiger partial charge in [0.1, 0.15) is 52.9 Å². The van der Waals surface area contributed by atoms with E-state index in [1.807, 2.05) is 72.8 Å². The molecule has 11 nitrogen and oxygen atoms in total. The summed E-state index contributed by atoms with van der Waals surface area (Å²) in [6, 6.07) is 35.6. The number of carboxylic acid groups (broad SMARTS) is 1. The first kappa shape index (κ1) is 39.7. The summed E-state index contributed by atoms with van der Waals surface area (Å²) in [6.45, 7) is 1.66. The maximum Gasteiger partial charge on any atom is 1.00 e. The van der Waals surface area contributed by atoms with Crippen molar-refractivity contribution in [2.75, 3.05) is 52.9 Å².